The number of aliphatic carboxylic acids is 1. The normalized spacial score (nSPS) is 38.6. The van der Waals surface area contributed by atoms with E-state index >= 15 is 0 Å². The number of ether oxygens (including phenoxy) is 2. The Morgan fingerprint density at radius 2 is 1.58 bits per heavy atom. The molecule has 11 atom stereocenters. The Morgan fingerprint density at radius 1 is 0.930 bits per heavy atom. The first-order valence-corrected chi connectivity index (χ1v) is 18.2. The first kappa shape index (κ1) is 34.4. The summed E-state index contributed by atoms with van der Waals surface area (Å²) in [7, 11) is -3.55. The molecular weight excluding hydrogens is 575 g/mol. The van der Waals surface area contributed by atoms with Crippen molar-refractivity contribution in [3.63, 3.8) is 0 Å². The maximum absolute atomic E-state index is 12.4. The molecule has 43 heavy (non-hydrogen) atoms. The molecule has 11 heteroatoms. The highest BCUT2D eigenvalue weighted by Gasteiger charge is 2.63. The molecule has 0 heterocycles. The number of hydrogen-bond acceptors (Lipinski definition) is 9. The third-order valence-electron chi connectivity index (χ3n) is 12.3. The van der Waals surface area contributed by atoms with Crippen LogP contribution in [0.4, 0.5) is 0 Å². The Bertz CT molecular complexity index is 1070. The Kier molecular flexibility index (Phi) is 10.8. The van der Waals surface area contributed by atoms with Gasteiger partial charge in [0, 0.05) is 19.0 Å². The van der Waals surface area contributed by atoms with E-state index < -0.39 is 44.1 Å². The van der Waals surface area contributed by atoms with Crippen LogP contribution < -0.4 is 0 Å². The summed E-state index contributed by atoms with van der Waals surface area (Å²) in [4.78, 5) is 54.6. The quantitative estimate of drug-likeness (QED) is 0.120. The number of aliphatic hydroxyl groups excluding tert-OH is 2. The number of carboxylic acid groups (broad SMARTS) is 1. The zero-order chi connectivity index (χ0) is 31.7. The first-order chi connectivity index (χ1) is 20.1. The fourth-order valence-electron chi connectivity index (χ4n) is 9.95. The summed E-state index contributed by atoms with van der Waals surface area (Å²) in [6, 6.07) is 0. The minimum atomic E-state index is -3.55. The van der Waals surface area contributed by atoms with Crippen LogP contribution in [0.15, 0.2) is 0 Å². The van der Waals surface area contributed by atoms with Crippen molar-refractivity contribution in [2.45, 2.75) is 110 Å². The highest BCUT2D eigenvalue weighted by molar-refractivity contribution is 7.62. The largest absolute Gasteiger partial charge is 0.481 e. The molecule has 4 unspecified atom stereocenters. The van der Waals surface area contributed by atoms with Gasteiger partial charge in [0.05, 0.1) is 18.1 Å². The Morgan fingerprint density at radius 3 is 2.21 bits per heavy atom. The molecule has 0 amide bonds. The number of aliphatic hydroxyl groups is 2. The van der Waals surface area contributed by atoms with E-state index in [9.17, 15) is 39.5 Å². The van der Waals surface area contributed by atoms with Crippen LogP contribution in [0, 0.1) is 52.3 Å². The average Bonchev–Trinajstić information content (AvgIpc) is 3.28. The lowest BCUT2D eigenvalue weighted by Gasteiger charge is -2.62. The van der Waals surface area contributed by atoms with Crippen LogP contribution in [0.2, 0.25) is 0 Å². The number of esters is 2. The smallest absolute Gasteiger partial charge is 0.308 e. The maximum Gasteiger partial charge on any atom is 0.308 e. The van der Waals surface area contributed by atoms with E-state index in [1.165, 1.54) is 6.42 Å². The minimum Gasteiger partial charge on any atom is -0.481 e. The predicted octanol–water partition coefficient (Wildman–Crippen LogP) is 4.18. The summed E-state index contributed by atoms with van der Waals surface area (Å²) >= 11 is 0. The van der Waals surface area contributed by atoms with E-state index in [-0.39, 0.29) is 48.2 Å². The van der Waals surface area contributed by atoms with Crippen molar-refractivity contribution in [2.24, 2.45) is 52.3 Å². The summed E-state index contributed by atoms with van der Waals surface area (Å²) in [5.74, 6) is -0.991. The van der Waals surface area contributed by atoms with Crippen molar-refractivity contribution in [3.05, 3.63) is 0 Å². The summed E-state index contributed by atoms with van der Waals surface area (Å²) in [5, 5.41) is 31.2. The number of carboxylic acids is 1. The minimum absolute atomic E-state index is 0.143. The van der Waals surface area contributed by atoms with E-state index in [2.05, 4.69) is 27.1 Å². The molecule has 0 radical (unpaired) electrons. The number of hydrogen-bond donors (Lipinski definition) is 5. The van der Waals surface area contributed by atoms with Gasteiger partial charge in [-0.25, -0.2) is 0 Å². The van der Waals surface area contributed by atoms with Crippen molar-refractivity contribution < 1.29 is 49.0 Å². The van der Waals surface area contributed by atoms with Crippen LogP contribution in [0.1, 0.15) is 97.8 Å². The van der Waals surface area contributed by atoms with Gasteiger partial charge in [0.25, 0.3) is 0 Å². The van der Waals surface area contributed by atoms with E-state index in [0.29, 0.717) is 36.0 Å². The molecule has 0 bridgehead atoms. The zero-order valence-corrected chi connectivity index (χ0v) is 26.9. The topological polar surface area (TPSA) is 171 Å². The van der Waals surface area contributed by atoms with Crippen molar-refractivity contribution in [1.82, 2.24) is 0 Å². The Labute approximate surface area is 255 Å². The molecule has 10 nitrogen and oxygen atoms in total. The standard InChI is InChI=1S/C32H53O10P/c1-19(5-11-28(35)41-18-42-29(36)12-6-20(30(37)38)17-43(4,39)40)24-9-10-25-23-8-7-21-15-22(33)13-14-31(21,2)26(23)16-27(34)32(24,25)3/h19-27,33-34,39-40H,4-18H2,1-3H3,(H,37,38)/t19-,20-,21-,22-,23?,24?,25?,26?,27+,31+,32-/m1/s1. The van der Waals surface area contributed by atoms with Gasteiger partial charge in [0.15, 0.2) is 0 Å². The molecule has 4 saturated carbocycles. The fourth-order valence-corrected chi connectivity index (χ4v) is 11.0. The van der Waals surface area contributed by atoms with E-state index in [4.69, 9.17) is 9.47 Å². The van der Waals surface area contributed by atoms with Gasteiger partial charge in [-0.1, -0.05) is 27.1 Å². The summed E-state index contributed by atoms with van der Waals surface area (Å²) < 4.78 is 10.0. The van der Waals surface area contributed by atoms with Gasteiger partial charge >= 0.3 is 17.9 Å². The summed E-state index contributed by atoms with van der Waals surface area (Å²) in [5.41, 5.74) is 0.00503. The Balaban J connectivity index is 1.23. The molecule has 4 fully saturated rings. The second-order valence-electron chi connectivity index (χ2n) is 14.7. The Hall–Kier alpha value is -1.45. The molecule has 0 aromatic carbocycles. The second-order valence-corrected chi connectivity index (χ2v) is 16.8. The molecular formula is C32H53O10P. The molecule has 0 aliphatic heterocycles. The monoisotopic (exact) mass is 628 g/mol. The van der Waals surface area contributed by atoms with Crippen LogP contribution in [0.3, 0.4) is 0 Å². The van der Waals surface area contributed by atoms with Crippen LogP contribution in [0.25, 0.3) is 0 Å². The predicted molar refractivity (Wildman–Crippen MR) is 162 cm³/mol. The summed E-state index contributed by atoms with van der Waals surface area (Å²) in [6.07, 6.45) is 10.6. The average molecular weight is 629 g/mol. The van der Waals surface area contributed by atoms with Crippen LogP contribution in [0.5, 0.6) is 0 Å². The number of carbonyl (C=O) groups is 3. The lowest BCUT2D eigenvalue weighted by atomic mass is 9.43. The van der Waals surface area contributed by atoms with Gasteiger partial charge in [-0.05, 0) is 111 Å². The van der Waals surface area contributed by atoms with Crippen molar-refractivity contribution in [2.75, 3.05) is 13.0 Å². The fraction of sp³-hybridized carbons (Fsp3) is 0.875. The first-order valence-electron chi connectivity index (χ1n) is 16.1. The number of carbonyl (C=O) groups excluding carboxylic acids is 2. The maximum atomic E-state index is 12.4. The van der Waals surface area contributed by atoms with Crippen LogP contribution >= 0.6 is 7.34 Å². The lowest BCUT2D eigenvalue weighted by Crippen LogP contribution is -2.58. The van der Waals surface area contributed by atoms with Gasteiger partial charge in [-0.3, -0.25) is 14.4 Å². The molecule has 246 valence electrons. The van der Waals surface area contributed by atoms with Gasteiger partial charge in [0.2, 0.25) is 6.79 Å². The highest BCUT2D eigenvalue weighted by atomic mass is 31.2. The molecule has 4 aliphatic rings. The van der Waals surface area contributed by atoms with Crippen molar-refractivity contribution in [3.8, 4) is 0 Å². The molecule has 5 N–H and O–H groups in total. The second kappa shape index (κ2) is 13.5. The highest BCUT2D eigenvalue weighted by Crippen LogP contribution is 2.68. The summed E-state index contributed by atoms with van der Waals surface area (Å²) in [6.45, 7) is 6.30. The molecule has 0 aromatic rings. The van der Waals surface area contributed by atoms with Gasteiger partial charge in [0.1, 0.15) is 7.34 Å². The van der Waals surface area contributed by atoms with Gasteiger partial charge in [-0.2, -0.15) is 0 Å². The van der Waals surface area contributed by atoms with Crippen molar-refractivity contribution in [1.29, 1.82) is 0 Å². The van der Waals surface area contributed by atoms with E-state index in [1.807, 2.05) is 0 Å². The molecule has 0 aromatic heterocycles. The van der Waals surface area contributed by atoms with Crippen LogP contribution in [-0.4, -0.2) is 74.5 Å². The SMILES string of the molecule is C=P(O)(O)C[C@@H](CCC(=O)OCOC(=O)CC[C@@H](C)C1CCC2C3CC[C@@H]4C[C@H](O)CC[C@]4(C)C3C[C@H](O)[C@@]21C)C(=O)O. The number of rotatable bonds is 12. The molecule has 0 saturated heterocycles. The number of fused-ring (bicyclic) bond motifs is 5. The van der Waals surface area contributed by atoms with E-state index in [0.717, 1.165) is 44.9 Å². The molecule has 4 aliphatic carbocycles. The zero-order valence-electron chi connectivity index (χ0n) is 26.0. The molecule has 4 rings (SSSR count). The molecule has 0 spiro atoms. The van der Waals surface area contributed by atoms with Gasteiger partial charge in [-0.15, -0.1) is 0 Å². The van der Waals surface area contributed by atoms with Crippen molar-refractivity contribution >= 4 is 31.5 Å². The third kappa shape index (κ3) is 7.51. The van der Waals surface area contributed by atoms with Crippen LogP contribution in [-0.2, 0) is 23.9 Å². The third-order valence-corrected chi connectivity index (χ3v) is 13.3. The van der Waals surface area contributed by atoms with Gasteiger partial charge < -0.3 is 34.6 Å². The van der Waals surface area contributed by atoms with E-state index in [1.54, 1.807) is 0 Å². The lowest BCUT2D eigenvalue weighted by molar-refractivity contribution is -0.175.